The summed E-state index contributed by atoms with van der Waals surface area (Å²) in [5.74, 6) is 4.67. The fraction of sp³-hybridized carbons (Fsp3) is 0.435. The van der Waals surface area contributed by atoms with E-state index in [4.69, 9.17) is 15.0 Å². The number of anilines is 1. The minimum Gasteiger partial charge on any atom is -0.350 e. The van der Waals surface area contributed by atoms with E-state index >= 15 is 0 Å². The van der Waals surface area contributed by atoms with Crippen molar-refractivity contribution in [3.05, 3.63) is 53.5 Å². The van der Waals surface area contributed by atoms with Gasteiger partial charge in [-0.05, 0) is 53.2 Å². The third kappa shape index (κ3) is 3.66. The molecule has 1 aromatic carbocycles. The first kappa shape index (κ1) is 19.7. The van der Waals surface area contributed by atoms with E-state index in [1.54, 1.807) is 4.68 Å². The summed E-state index contributed by atoms with van der Waals surface area (Å²) in [6.45, 7) is 10.1. The quantitative estimate of drug-likeness (QED) is 0.540. The first-order chi connectivity index (χ1) is 14.7. The molecule has 31 heavy (non-hydrogen) atoms. The van der Waals surface area contributed by atoms with Gasteiger partial charge in [0, 0.05) is 30.5 Å². The Bertz CT molecular complexity index is 1280. The average Bonchev–Trinajstić information content (AvgIpc) is 3.32. The first-order valence-corrected chi connectivity index (χ1v) is 10.7. The van der Waals surface area contributed by atoms with Crippen LogP contribution in [0, 0.1) is 13.8 Å². The molecule has 3 aromatic heterocycles. The maximum absolute atomic E-state index is 4.91. The first-order valence-electron chi connectivity index (χ1n) is 10.7. The van der Waals surface area contributed by atoms with Crippen LogP contribution >= 0.6 is 0 Å². The van der Waals surface area contributed by atoms with Crippen molar-refractivity contribution in [2.24, 2.45) is 7.05 Å². The molecule has 0 bridgehead atoms. The van der Waals surface area contributed by atoms with E-state index in [1.165, 1.54) is 0 Å². The van der Waals surface area contributed by atoms with Gasteiger partial charge in [-0.2, -0.15) is 9.67 Å². The molecule has 160 valence electrons. The second kappa shape index (κ2) is 6.87. The van der Waals surface area contributed by atoms with Crippen LogP contribution < -0.4 is 5.32 Å². The lowest BCUT2D eigenvalue weighted by Gasteiger charge is -2.21. The predicted octanol–water partition coefficient (Wildman–Crippen LogP) is 4.04. The molecular formula is C23H28N8. The molecule has 1 aliphatic rings. The Kier molecular flexibility index (Phi) is 4.35. The molecule has 0 spiro atoms. The standard InChI is InChI=1S/C23H28N8/c1-13-24-14(2)31(29-13)20-12-18(26-22(27-20)28-23(3,4)5)15-11-16(15)21-25-17-9-7-8-10-19(17)30(21)6/h7-10,12,15-16H,11H2,1-6H3,(H,26,27,28). The Morgan fingerprint density at radius 1 is 1.00 bits per heavy atom. The number of nitrogens with zero attached hydrogens (tertiary/aromatic N) is 7. The normalized spacial score (nSPS) is 18.5. The molecule has 8 heteroatoms. The molecule has 1 aliphatic carbocycles. The maximum Gasteiger partial charge on any atom is 0.225 e. The lowest BCUT2D eigenvalue weighted by atomic mass is 10.1. The molecule has 2 atom stereocenters. The molecule has 3 heterocycles. The number of benzene rings is 1. The van der Waals surface area contributed by atoms with Crippen LogP contribution in [-0.4, -0.2) is 39.8 Å². The molecule has 2 unspecified atom stereocenters. The summed E-state index contributed by atoms with van der Waals surface area (Å²) in [6.07, 6.45) is 1.03. The Balaban J connectivity index is 1.54. The highest BCUT2D eigenvalue weighted by Crippen LogP contribution is 2.54. The van der Waals surface area contributed by atoms with Crippen molar-refractivity contribution in [1.82, 2.24) is 34.3 Å². The summed E-state index contributed by atoms with van der Waals surface area (Å²) >= 11 is 0. The minimum atomic E-state index is -0.149. The summed E-state index contributed by atoms with van der Waals surface area (Å²) in [7, 11) is 2.10. The summed E-state index contributed by atoms with van der Waals surface area (Å²) in [5, 5.41) is 7.95. The molecule has 1 fully saturated rings. The topological polar surface area (TPSA) is 86.3 Å². The summed E-state index contributed by atoms with van der Waals surface area (Å²) < 4.78 is 4.00. The number of aryl methyl sites for hydroxylation is 3. The van der Waals surface area contributed by atoms with Crippen molar-refractivity contribution in [2.75, 3.05) is 5.32 Å². The smallest absolute Gasteiger partial charge is 0.225 e. The number of para-hydroxylation sites is 2. The fourth-order valence-electron chi connectivity index (χ4n) is 4.18. The molecule has 0 radical (unpaired) electrons. The van der Waals surface area contributed by atoms with Crippen molar-refractivity contribution < 1.29 is 0 Å². The zero-order valence-electron chi connectivity index (χ0n) is 18.9. The van der Waals surface area contributed by atoms with Crippen molar-refractivity contribution >= 4 is 17.0 Å². The third-order valence-electron chi connectivity index (χ3n) is 5.63. The second-order valence-corrected chi connectivity index (χ2v) is 9.43. The maximum atomic E-state index is 4.91. The predicted molar refractivity (Wildman–Crippen MR) is 121 cm³/mol. The number of fused-ring (bicyclic) bond motifs is 1. The number of hydrogen-bond donors (Lipinski definition) is 1. The largest absolute Gasteiger partial charge is 0.350 e. The Morgan fingerprint density at radius 2 is 1.77 bits per heavy atom. The van der Waals surface area contributed by atoms with Gasteiger partial charge >= 0.3 is 0 Å². The van der Waals surface area contributed by atoms with Gasteiger partial charge in [0.15, 0.2) is 5.82 Å². The van der Waals surface area contributed by atoms with Crippen LogP contribution in [0.2, 0.25) is 0 Å². The Hall–Kier alpha value is -3.29. The van der Waals surface area contributed by atoms with E-state index in [1.807, 2.05) is 26.0 Å². The molecule has 0 aliphatic heterocycles. The van der Waals surface area contributed by atoms with Crippen molar-refractivity contribution in [3.63, 3.8) is 0 Å². The molecule has 0 amide bonds. The fourth-order valence-corrected chi connectivity index (χ4v) is 4.18. The minimum absolute atomic E-state index is 0.149. The SMILES string of the molecule is Cc1nc(C)n(-c2cc(C3CC3c3nc4ccccc4n3C)nc(NC(C)(C)C)n2)n1. The van der Waals surface area contributed by atoms with E-state index in [0.717, 1.165) is 46.4 Å². The zero-order chi connectivity index (χ0) is 21.9. The van der Waals surface area contributed by atoms with Crippen molar-refractivity contribution in [2.45, 2.75) is 58.4 Å². The van der Waals surface area contributed by atoms with Crippen LogP contribution in [0.1, 0.15) is 62.2 Å². The highest BCUT2D eigenvalue weighted by molar-refractivity contribution is 5.76. The van der Waals surface area contributed by atoms with Gasteiger partial charge < -0.3 is 9.88 Å². The molecule has 1 N–H and O–H groups in total. The van der Waals surface area contributed by atoms with Gasteiger partial charge in [0.25, 0.3) is 0 Å². The Morgan fingerprint density at radius 3 is 2.45 bits per heavy atom. The molecule has 8 nitrogen and oxygen atoms in total. The third-order valence-corrected chi connectivity index (χ3v) is 5.63. The van der Waals surface area contributed by atoms with Crippen LogP contribution in [0.25, 0.3) is 16.9 Å². The van der Waals surface area contributed by atoms with Crippen molar-refractivity contribution in [3.8, 4) is 5.82 Å². The highest BCUT2D eigenvalue weighted by Gasteiger charge is 2.44. The van der Waals surface area contributed by atoms with E-state index in [-0.39, 0.29) is 5.54 Å². The summed E-state index contributed by atoms with van der Waals surface area (Å²) in [4.78, 5) is 19.0. The summed E-state index contributed by atoms with van der Waals surface area (Å²) in [6, 6.07) is 10.3. The molecule has 5 rings (SSSR count). The van der Waals surface area contributed by atoms with Crippen LogP contribution in [-0.2, 0) is 7.05 Å². The lowest BCUT2D eigenvalue weighted by Crippen LogP contribution is -2.28. The van der Waals surface area contributed by atoms with Crippen LogP contribution in [0.4, 0.5) is 5.95 Å². The van der Waals surface area contributed by atoms with Gasteiger partial charge in [-0.3, -0.25) is 0 Å². The number of rotatable bonds is 4. The highest BCUT2D eigenvalue weighted by atomic mass is 15.4. The van der Waals surface area contributed by atoms with Gasteiger partial charge in [-0.15, -0.1) is 5.10 Å². The van der Waals surface area contributed by atoms with Crippen molar-refractivity contribution in [1.29, 1.82) is 0 Å². The van der Waals surface area contributed by atoms with E-state index < -0.39 is 0 Å². The molecule has 1 saturated carbocycles. The average molecular weight is 417 g/mol. The van der Waals surface area contributed by atoms with Gasteiger partial charge in [0.1, 0.15) is 17.5 Å². The molecular weight excluding hydrogens is 388 g/mol. The molecule has 4 aromatic rings. The van der Waals surface area contributed by atoms with Crippen LogP contribution in [0.5, 0.6) is 0 Å². The monoisotopic (exact) mass is 416 g/mol. The number of aromatic nitrogens is 7. The summed E-state index contributed by atoms with van der Waals surface area (Å²) in [5.41, 5.74) is 3.07. The van der Waals surface area contributed by atoms with Gasteiger partial charge in [-0.1, -0.05) is 12.1 Å². The second-order valence-electron chi connectivity index (χ2n) is 9.43. The van der Waals surface area contributed by atoms with Gasteiger partial charge in [0.05, 0.1) is 16.7 Å². The number of hydrogen-bond acceptors (Lipinski definition) is 6. The van der Waals surface area contributed by atoms with Crippen LogP contribution in [0.15, 0.2) is 30.3 Å². The number of nitrogens with one attached hydrogen (secondary N) is 1. The molecule has 0 saturated heterocycles. The van der Waals surface area contributed by atoms with E-state index in [9.17, 15) is 0 Å². The zero-order valence-corrected chi connectivity index (χ0v) is 18.9. The van der Waals surface area contributed by atoms with E-state index in [0.29, 0.717) is 17.8 Å². The van der Waals surface area contributed by atoms with E-state index in [2.05, 4.69) is 66.0 Å². The van der Waals surface area contributed by atoms with Crippen LogP contribution in [0.3, 0.4) is 0 Å². The number of imidazole rings is 1. The van der Waals surface area contributed by atoms with Gasteiger partial charge in [0.2, 0.25) is 5.95 Å². The Labute approximate surface area is 181 Å². The van der Waals surface area contributed by atoms with Gasteiger partial charge in [-0.25, -0.2) is 15.0 Å². The lowest BCUT2D eigenvalue weighted by molar-refractivity contribution is 0.623.